The topological polar surface area (TPSA) is 135 Å². The number of hydrogen-bond donors (Lipinski definition) is 3. The van der Waals surface area contributed by atoms with Crippen LogP contribution >= 0.6 is 0 Å². The van der Waals surface area contributed by atoms with Crippen molar-refractivity contribution in [3.8, 4) is 11.1 Å². The number of imide groups is 1. The predicted molar refractivity (Wildman–Crippen MR) is 268 cm³/mol. The van der Waals surface area contributed by atoms with Crippen molar-refractivity contribution >= 4 is 45.3 Å². The Balaban J connectivity index is 0.610. The standard InChI is InChI=1S/C55H63F3N10O3/c1-64-43(30-46-44(12-20-59-52(46)64)40-6-9-48-41(28-40)31-60-63-48)33-65-21-15-37(16-22-65)36-2-4-39(5-3-36)54(71)68-24-13-35(14-25-68)32-66-23-19-50(55(57,58)34-66)67-26-17-38(18-27-67)45-8-7-42(29-47(45)56)61-49-10-11-51(69)62-53(49)70/h2-9,12,20,28-31,35,37-38,49-50,61H,10-11,13-19,21-27,32-34H2,1H3,(H,60,63)(H,62,69,70). The number of amides is 3. The van der Waals surface area contributed by atoms with E-state index in [0.717, 1.165) is 72.8 Å². The molecule has 16 heteroatoms. The number of halogens is 3. The number of hydrogen-bond acceptors (Lipinski definition) is 9. The second-order valence-electron chi connectivity index (χ2n) is 20.9. The molecule has 3 aromatic heterocycles. The Kier molecular flexibility index (Phi) is 13.2. The van der Waals surface area contributed by atoms with Gasteiger partial charge in [0.05, 0.1) is 24.3 Å². The SMILES string of the molecule is Cn1c(CN2CCC(c3ccc(C(=O)N4CCC(CN5CCC(N6CCC(c7ccc(NC8CCC(=O)NC8=O)cc7F)CC6)C(F)(F)C5)CC4)cc3)CC2)cc2c(-c3ccc4[nH]ncc4c3)ccnc21. The molecule has 3 amide bonds. The molecule has 5 aliphatic rings. The lowest BCUT2D eigenvalue weighted by Gasteiger charge is -2.46. The van der Waals surface area contributed by atoms with Crippen molar-refractivity contribution < 1.29 is 27.6 Å². The van der Waals surface area contributed by atoms with Crippen LogP contribution in [0.3, 0.4) is 0 Å². The van der Waals surface area contributed by atoms with E-state index in [1.54, 1.807) is 12.1 Å². The summed E-state index contributed by atoms with van der Waals surface area (Å²) in [5.74, 6) is -3.31. The van der Waals surface area contributed by atoms with Crippen LogP contribution in [0.4, 0.5) is 18.9 Å². The van der Waals surface area contributed by atoms with Crippen LogP contribution in [0.15, 0.2) is 85.2 Å². The number of benzene rings is 3. The fourth-order valence-electron chi connectivity index (χ4n) is 12.3. The largest absolute Gasteiger partial charge is 0.374 e. The number of carbonyl (C=O) groups is 3. The van der Waals surface area contributed by atoms with Crippen LogP contribution < -0.4 is 10.6 Å². The van der Waals surface area contributed by atoms with Gasteiger partial charge in [0.25, 0.3) is 11.8 Å². The lowest BCUT2D eigenvalue weighted by Crippen LogP contribution is -2.60. The number of carbonyl (C=O) groups excluding carboxylic acids is 3. The third-order valence-corrected chi connectivity index (χ3v) is 16.4. The Hall–Kier alpha value is -6.10. The minimum absolute atomic E-state index is 0.0390. The minimum Gasteiger partial charge on any atom is -0.374 e. The maximum atomic E-state index is 15.9. The fraction of sp³-hybridized carbons (Fsp3) is 0.473. The molecule has 372 valence electrons. The van der Waals surface area contributed by atoms with E-state index in [2.05, 4.69) is 79.8 Å². The molecule has 6 aromatic rings. The zero-order valence-electron chi connectivity index (χ0n) is 40.4. The smallest absolute Gasteiger partial charge is 0.275 e. The normalized spacial score (nSPS) is 22.6. The first-order chi connectivity index (χ1) is 34.4. The summed E-state index contributed by atoms with van der Waals surface area (Å²) >= 11 is 0. The van der Waals surface area contributed by atoms with Crippen LogP contribution in [0.5, 0.6) is 0 Å². The van der Waals surface area contributed by atoms with Gasteiger partial charge in [-0.2, -0.15) is 5.10 Å². The van der Waals surface area contributed by atoms with Crippen molar-refractivity contribution in [1.82, 2.24) is 44.7 Å². The lowest BCUT2D eigenvalue weighted by atomic mass is 9.86. The Morgan fingerprint density at radius 3 is 2.32 bits per heavy atom. The van der Waals surface area contributed by atoms with Crippen molar-refractivity contribution in [1.29, 1.82) is 0 Å². The number of aryl methyl sites for hydroxylation is 1. The van der Waals surface area contributed by atoms with Gasteiger partial charge < -0.3 is 14.8 Å². The number of H-pyrrole nitrogens is 1. The molecule has 0 saturated carbocycles. The first-order valence-corrected chi connectivity index (χ1v) is 25.6. The van der Waals surface area contributed by atoms with Gasteiger partial charge in [-0.25, -0.2) is 18.2 Å². The molecule has 2 atom stereocenters. The number of alkyl halides is 2. The number of fused-ring (bicyclic) bond motifs is 2. The van der Waals surface area contributed by atoms with Gasteiger partial charge in [-0.3, -0.25) is 39.5 Å². The number of piperidine rings is 5. The zero-order valence-corrected chi connectivity index (χ0v) is 40.4. The Bertz CT molecular complexity index is 2910. The lowest BCUT2D eigenvalue weighted by molar-refractivity contribution is -0.134. The van der Waals surface area contributed by atoms with Gasteiger partial charge in [-0.15, -0.1) is 0 Å². The third-order valence-electron chi connectivity index (χ3n) is 16.4. The highest BCUT2D eigenvalue weighted by Crippen LogP contribution is 2.39. The van der Waals surface area contributed by atoms with Gasteiger partial charge in [0.2, 0.25) is 11.8 Å². The van der Waals surface area contributed by atoms with E-state index >= 15 is 13.2 Å². The van der Waals surface area contributed by atoms with E-state index in [1.807, 2.05) is 39.2 Å². The average Bonchev–Trinajstić information content (AvgIpc) is 3.98. The molecular weight excluding hydrogens is 906 g/mol. The molecule has 5 saturated heterocycles. The molecule has 2 unspecified atom stereocenters. The van der Waals surface area contributed by atoms with Crippen molar-refractivity contribution in [2.45, 2.75) is 94.2 Å². The maximum Gasteiger partial charge on any atom is 0.275 e. The van der Waals surface area contributed by atoms with E-state index < -0.39 is 23.9 Å². The predicted octanol–water partition coefficient (Wildman–Crippen LogP) is 8.29. The highest BCUT2D eigenvalue weighted by atomic mass is 19.3. The number of nitrogens with one attached hydrogen (secondary N) is 3. The van der Waals surface area contributed by atoms with Crippen LogP contribution in [0, 0.1) is 11.7 Å². The summed E-state index contributed by atoms with van der Waals surface area (Å²) in [6, 6.07) is 22.4. The van der Waals surface area contributed by atoms with Crippen LogP contribution in [-0.2, 0) is 23.2 Å². The second-order valence-corrected chi connectivity index (χ2v) is 20.9. The number of anilines is 1. The third kappa shape index (κ3) is 9.95. The number of likely N-dealkylation sites (tertiary alicyclic amines) is 4. The molecule has 5 fully saturated rings. The van der Waals surface area contributed by atoms with Crippen LogP contribution in [0.2, 0.25) is 0 Å². The van der Waals surface area contributed by atoms with Gasteiger partial charge in [0.15, 0.2) is 0 Å². The monoisotopic (exact) mass is 969 g/mol. The van der Waals surface area contributed by atoms with Crippen LogP contribution in [-0.4, -0.2) is 134 Å². The Morgan fingerprint density at radius 2 is 1.58 bits per heavy atom. The fourth-order valence-corrected chi connectivity index (χ4v) is 12.3. The van der Waals surface area contributed by atoms with Gasteiger partial charge in [0.1, 0.15) is 17.5 Å². The van der Waals surface area contributed by atoms with Crippen molar-refractivity contribution in [3.05, 3.63) is 113 Å². The van der Waals surface area contributed by atoms with E-state index in [-0.39, 0.29) is 42.4 Å². The molecular formula is C55H63F3N10O3. The van der Waals surface area contributed by atoms with Gasteiger partial charge in [0, 0.05) is 80.1 Å². The molecule has 5 aliphatic heterocycles. The summed E-state index contributed by atoms with van der Waals surface area (Å²) in [7, 11) is 2.11. The summed E-state index contributed by atoms with van der Waals surface area (Å²) in [6.07, 6.45) is 9.59. The van der Waals surface area contributed by atoms with E-state index in [9.17, 15) is 14.4 Å². The van der Waals surface area contributed by atoms with E-state index in [0.29, 0.717) is 87.7 Å². The van der Waals surface area contributed by atoms with Gasteiger partial charge in [-0.1, -0.05) is 24.3 Å². The summed E-state index contributed by atoms with van der Waals surface area (Å²) in [6.45, 7) is 6.00. The van der Waals surface area contributed by atoms with Gasteiger partial charge in [-0.05, 0) is 166 Å². The number of aromatic amines is 1. The summed E-state index contributed by atoms with van der Waals surface area (Å²) in [5.41, 5.74) is 8.57. The molecule has 0 spiro atoms. The Labute approximate surface area is 412 Å². The summed E-state index contributed by atoms with van der Waals surface area (Å²) in [4.78, 5) is 50.4. The quantitative estimate of drug-likeness (QED) is 0.110. The molecule has 0 radical (unpaired) electrons. The summed E-state index contributed by atoms with van der Waals surface area (Å²) in [5, 5.41) is 14.8. The van der Waals surface area contributed by atoms with Crippen LogP contribution in [0.1, 0.15) is 96.8 Å². The van der Waals surface area contributed by atoms with Gasteiger partial charge >= 0.3 is 0 Å². The molecule has 0 aliphatic carbocycles. The van der Waals surface area contributed by atoms with Crippen molar-refractivity contribution in [2.24, 2.45) is 13.0 Å². The molecule has 13 nitrogen and oxygen atoms in total. The molecule has 8 heterocycles. The maximum absolute atomic E-state index is 15.9. The highest BCUT2D eigenvalue weighted by Gasteiger charge is 2.48. The zero-order chi connectivity index (χ0) is 48.8. The Morgan fingerprint density at radius 1 is 0.817 bits per heavy atom. The molecule has 3 aromatic carbocycles. The van der Waals surface area contributed by atoms with E-state index in [1.165, 1.54) is 22.9 Å². The first kappa shape index (κ1) is 47.2. The van der Waals surface area contributed by atoms with E-state index in [4.69, 9.17) is 4.98 Å². The van der Waals surface area contributed by atoms with Crippen LogP contribution in [0.25, 0.3) is 33.1 Å². The number of pyridine rings is 1. The first-order valence-electron chi connectivity index (χ1n) is 25.6. The summed E-state index contributed by atoms with van der Waals surface area (Å²) < 4.78 is 49.4. The number of aromatic nitrogens is 4. The number of nitrogens with zero attached hydrogens (tertiary/aromatic N) is 7. The molecule has 0 bridgehead atoms. The second kappa shape index (κ2) is 19.8. The number of rotatable bonds is 11. The minimum atomic E-state index is -2.86. The average molecular weight is 969 g/mol. The molecule has 3 N–H and O–H groups in total. The molecule has 11 rings (SSSR count). The van der Waals surface area contributed by atoms with Crippen molar-refractivity contribution in [2.75, 3.05) is 64.2 Å². The highest BCUT2D eigenvalue weighted by molar-refractivity contribution is 6.01. The van der Waals surface area contributed by atoms with Crippen molar-refractivity contribution in [3.63, 3.8) is 0 Å². The molecule has 71 heavy (non-hydrogen) atoms.